The molecule has 2 N–H and O–H groups in total. The largest absolute Gasteiger partial charge is 0.478 e. The van der Waals surface area contributed by atoms with Gasteiger partial charge in [-0.2, -0.15) is 0 Å². The molecule has 1 aromatic heterocycles. The molecule has 0 aromatic carbocycles. The second-order valence-corrected chi connectivity index (χ2v) is 7.27. The zero-order chi connectivity index (χ0) is 14.0. The first kappa shape index (κ1) is 14.4. The summed E-state index contributed by atoms with van der Waals surface area (Å²) in [6.45, 7) is 3.42. The van der Waals surface area contributed by atoms with Crippen LogP contribution in [-0.2, 0) is 9.84 Å². The van der Waals surface area contributed by atoms with Gasteiger partial charge in [0.25, 0.3) is 0 Å². The van der Waals surface area contributed by atoms with Crippen molar-refractivity contribution < 1.29 is 18.3 Å². The Hall–Kier alpha value is -1.63. The third-order valence-electron chi connectivity index (χ3n) is 2.71. The van der Waals surface area contributed by atoms with Gasteiger partial charge in [-0.15, -0.1) is 0 Å². The number of nitrogens with one attached hydrogen (secondary N) is 1. The fraction of sp³-hybridized carbons (Fsp3) is 0.455. The first-order valence-corrected chi connectivity index (χ1v) is 7.15. The molecule has 100 valence electrons. The van der Waals surface area contributed by atoms with Crippen LogP contribution in [0.15, 0.2) is 18.3 Å². The number of carbonyl (C=O) groups is 1. The van der Waals surface area contributed by atoms with E-state index >= 15 is 0 Å². The zero-order valence-electron chi connectivity index (χ0n) is 10.5. The Bertz CT molecular complexity index is 535. The highest BCUT2D eigenvalue weighted by Gasteiger charge is 2.29. The van der Waals surface area contributed by atoms with E-state index in [9.17, 15) is 13.2 Å². The molecule has 1 rings (SSSR count). The molecule has 0 aliphatic carbocycles. The van der Waals surface area contributed by atoms with Crippen molar-refractivity contribution >= 4 is 21.6 Å². The highest BCUT2D eigenvalue weighted by Crippen LogP contribution is 2.16. The van der Waals surface area contributed by atoms with Crippen LogP contribution in [0.5, 0.6) is 0 Å². The van der Waals surface area contributed by atoms with E-state index in [2.05, 4.69) is 10.3 Å². The number of hydrogen-bond donors (Lipinski definition) is 2. The summed E-state index contributed by atoms with van der Waals surface area (Å²) in [6, 6.07) is 2.91. The Labute approximate surface area is 106 Å². The average molecular weight is 272 g/mol. The minimum Gasteiger partial charge on any atom is -0.478 e. The molecule has 0 aliphatic rings. The van der Waals surface area contributed by atoms with Gasteiger partial charge >= 0.3 is 5.97 Å². The van der Waals surface area contributed by atoms with E-state index in [-0.39, 0.29) is 12.1 Å². The van der Waals surface area contributed by atoms with Crippen LogP contribution in [0.25, 0.3) is 0 Å². The van der Waals surface area contributed by atoms with E-state index in [4.69, 9.17) is 5.11 Å². The summed E-state index contributed by atoms with van der Waals surface area (Å²) in [6.07, 6.45) is 2.40. The molecule has 0 radical (unpaired) electrons. The number of pyridine rings is 1. The van der Waals surface area contributed by atoms with Crippen LogP contribution in [0.3, 0.4) is 0 Å². The smallest absolute Gasteiger partial charge is 0.337 e. The number of rotatable bonds is 5. The van der Waals surface area contributed by atoms with Crippen LogP contribution in [0, 0.1) is 0 Å². The molecule has 0 saturated carbocycles. The van der Waals surface area contributed by atoms with Crippen LogP contribution in [0.1, 0.15) is 24.2 Å². The van der Waals surface area contributed by atoms with Gasteiger partial charge in [-0.05, 0) is 26.0 Å². The Morgan fingerprint density at radius 2 is 2.06 bits per heavy atom. The second kappa shape index (κ2) is 4.93. The summed E-state index contributed by atoms with van der Waals surface area (Å²) < 4.78 is 22.0. The summed E-state index contributed by atoms with van der Waals surface area (Å²) in [5.74, 6) is -0.609. The van der Waals surface area contributed by atoms with Crippen molar-refractivity contribution in [1.29, 1.82) is 0 Å². The van der Waals surface area contributed by atoms with Gasteiger partial charge in [0, 0.05) is 19.0 Å². The number of aromatic nitrogens is 1. The lowest BCUT2D eigenvalue weighted by Gasteiger charge is -2.22. The summed E-state index contributed by atoms with van der Waals surface area (Å²) in [5.41, 5.74) is 0.0860. The van der Waals surface area contributed by atoms with E-state index in [1.165, 1.54) is 24.6 Å². The third kappa shape index (κ3) is 3.43. The van der Waals surface area contributed by atoms with Gasteiger partial charge in [-0.3, -0.25) is 0 Å². The molecule has 0 saturated heterocycles. The predicted molar refractivity (Wildman–Crippen MR) is 68.6 cm³/mol. The average Bonchev–Trinajstić information content (AvgIpc) is 2.25. The predicted octanol–water partition coefficient (Wildman–Crippen LogP) is 1.01. The summed E-state index contributed by atoms with van der Waals surface area (Å²) in [7, 11) is -3.18. The molecule has 0 unspecified atom stereocenters. The normalized spacial score (nSPS) is 12.2. The fourth-order valence-corrected chi connectivity index (χ4v) is 1.39. The lowest BCUT2D eigenvalue weighted by molar-refractivity contribution is 0.0696. The molecular formula is C11H16N2O4S. The van der Waals surface area contributed by atoms with Crippen LogP contribution >= 0.6 is 0 Å². The van der Waals surface area contributed by atoms with Crippen molar-refractivity contribution in [2.45, 2.75) is 18.6 Å². The van der Waals surface area contributed by atoms with E-state index < -0.39 is 20.6 Å². The topological polar surface area (TPSA) is 96.4 Å². The lowest BCUT2D eigenvalue weighted by atomic mass is 10.2. The lowest BCUT2D eigenvalue weighted by Crippen LogP contribution is -2.38. The Morgan fingerprint density at radius 3 is 2.44 bits per heavy atom. The van der Waals surface area contributed by atoms with E-state index in [0.29, 0.717) is 5.82 Å². The number of hydrogen-bond acceptors (Lipinski definition) is 5. The van der Waals surface area contributed by atoms with Crippen LogP contribution in [0.2, 0.25) is 0 Å². The van der Waals surface area contributed by atoms with Gasteiger partial charge in [0.2, 0.25) is 0 Å². The number of anilines is 1. The third-order valence-corrected chi connectivity index (χ3v) is 4.86. The van der Waals surface area contributed by atoms with E-state index in [1.54, 1.807) is 13.8 Å². The van der Waals surface area contributed by atoms with Crippen molar-refractivity contribution in [3.63, 3.8) is 0 Å². The fourth-order valence-electron chi connectivity index (χ4n) is 1.06. The summed E-state index contributed by atoms with van der Waals surface area (Å²) >= 11 is 0. The maximum atomic E-state index is 11.5. The number of carboxylic acid groups (broad SMARTS) is 1. The molecule has 1 aromatic rings. The van der Waals surface area contributed by atoms with Crippen LogP contribution < -0.4 is 5.32 Å². The monoisotopic (exact) mass is 272 g/mol. The molecule has 0 aliphatic heterocycles. The molecule has 6 nitrogen and oxygen atoms in total. The maximum absolute atomic E-state index is 11.5. The van der Waals surface area contributed by atoms with Crippen molar-refractivity contribution in [2.24, 2.45) is 0 Å². The Morgan fingerprint density at radius 1 is 1.44 bits per heavy atom. The van der Waals surface area contributed by atoms with E-state index in [0.717, 1.165) is 0 Å². The molecule has 18 heavy (non-hydrogen) atoms. The van der Waals surface area contributed by atoms with E-state index in [1.807, 2.05) is 0 Å². The zero-order valence-corrected chi connectivity index (χ0v) is 11.3. The Kier molecular flexibility index (Phi) is 3.95. The standard InChI is InChI=1S/C11H16N2O4S/c1-11(2,18(3,16)17)7-13-9-5-4-8(6-12-9)10(14)15/h4-6H,7H2,1-3H3,(H,12,13)(H,14,15). The van der Waals surface area contributed by atoms with Crippen LogP contribution in [-0.4, -0.2) is 42.0 Å². The molecular weight excluding hydrogens is 256 g/mol. The highest BCUT2D eigenvalue weighted by atomic mass is 32.2. The first-order valence-electron chi connectivity index (χ1n) is 5.26. The molecule has 0 spiro atoms. The summed E-state index contributed by atoms with van der Waals surface area (Å²) in [4.78, 5) is 14.5. The molecule has 1 heterocycles. The molecule has 0 amide bonds. The number of sulfone groups is 1. The number of carboxylic acids is 1. The van der Waals surface area contributed by atoms with Gasteiger partial charge in [0.1, 0.15) is 5.82 Å². The number of aromatic carboxylic acids is 1. The van der Waals surface area contributed by atoms with Crippen molar-refractivity contribution in [2.75, 3.05) is 18.1 Å². The van der Waals surface area contributed by atoms with Gasteiger partial charge < -0.3 is 10.4 Å². The van der Waals surface area contributed by atoms with Crippen molar-refractivity contribution in [3.05, 3.63) is 23.9 Å². The second-order valence-electron chi connectivity index (χ2n) is 4.62. The molecule has 7 heteroatoms. The molecule has 0 fully saturated rings. The SMILES string of the molecule is CC(C)(CNc1ccc(C(=O)O)cn1)S(C)(=O)=O. The van der Waals surface area contributed by atoms with Gasteiger partial charge in [-0.25, -0.2) is 18.2 Å². The van der Waals surface area contributed by atoms with Crippen molar-refractivity contribution in [1.82, 2.24) is 4.98 Å². The highest BCUT2D eigenvalue weighted by molar-refractivity contribution is 7.92. The van der Waals surface area contributed by atoms with Gasteiger partial charge in [0.05, 0.1) is 10.3 Å². The maximum Gasteiger partial charge on any atom is 0.337 e. The molecule has 0 atom stereocenters. The minimum atomic E-state index is -3.18. The quantitative estimate of drug-likeness (QED) is 0.830. The van der Waals surface area contributed by atoms with Crippen molar-refractivity contribution in [3.8, 4) is 0 Å². The van der Waals surface area contributed by atoms with Crippen LogP contribution in [0.4, 0.5) is 5.82 Å². The number of nitrogens with zero attached hydrogens (tertiary/aromatic N) is 1. The minimum absolute atomic E-state index is 0.0860. The summed E-state index contributed by atoms with van der Waals surface area (Å²) in [5, 5.41) is 11.6. The van der Waals surface area contributed by atoms with Gasteiger partial charge in [-0.1, -0.05) is 0 Å². The van der Waals surface area contributed by atoms with Gasteiger partial charge in [0.15, 0.2) is 9.84 Å². The first-order chi connectivity index (χ1) is 8.13. The molecule has 0 bridgehead atoms. The Balaban J connectivity index is 2.73.